The molecule has 2 fully saturated rings. The van der Waals surface area contributed by atoms with Crippen LogP contribution < -0.4 is 0 Å². The minimum absolute atomic E-state index is 0.0752. The highest BCUT2D eigenvalue weighted by atomic mass is 79.9. The normalized spacial score (nSPS) is 22.6. The smallest absolute Gasteiger partial charge is 0.246 e. The number of hydrogen-bond donors (Lipinski definition) is 1. The van der Waals surface area contributed by atoms with E-state index in [0.717, 1.165) is 12.8 Å². The minimum Gasteiger partial charge on any atom is -0.387 e. The first kappa shape index (κ1) is 15.1. The first-order valence-corrected chi connectivity index (χ1v) is 9.10. The molecule has 1 aromatic carbocycles. The molecule has 2 aliphatic rings. The average molecular weight is 401 g/mol. The highest BCUT2D eigenvalue weighted by molar-refractivity contribution is 9.10. The van der Waals surface area contributed by atoms with Gasteiger partial charge in [-0.25, -0.2) is 8.42 Å². The Kier molecular flexibility index (Phi) is 3.64. The second kappa shape index (κ2) is 4.83. The van der Waals surface area contributed by atoms with Crippen LogP contribution in [0, 0.1) is 5.92 Å². The summed E-state index contributed by atoms with van der Waals surface area (Å²) in [7, 11) is -3.77. The molecule has 8 heteroatoms. The number of sulfonamides is 1. The topological polar surface area (TPSA) is 57.6 Å². The zero-order valence-electron chi connectivity index (χ0n) is 10.3. The van der Waals surface area contributed by atoms with Crippen LogP contribution in [0.2, 0.25) is 10.0 Å². The maximum atomic E-state index is 12.5. The first-order chi connectivity index (χ1) is 9.24. The van der Waals surface area contributed by atoms with E-state index in [9.17, 15) is 13.5 Å². The summed E-state index contributed by atoms with van der Waals surface area (Å²) in [6.45, 7) is 0.228. The SMILES string of the molecule is O=S(=O)(c1c(Cl)cc(Br)cc1Cl)N1CC(O)(C2CC2)C1. The zero-order valence-corrected chi connectivity index (χ0v) is 14.2. The van der Waals surface area contributed by atoms with Crippen LogP contribution in [0.1, 0.15) is 12.8 Å². The van der Waals surface area contributed by atoms with Crippen molar-refractivity contribution < 1.29 is 13.5 Å². The maximum Gasteiger partial charge on any atom is 0.246 e. The highest BCUT2D eigenvalue weighted by Gasteiger charge is 2.55. The Bertz CT molecular complexity index is 646. The van der Waals surface area contributed by atoms with Gasteiger partial charge in [0.05, 0.1) is 15.6 Å². The Hall–Kier alpha value is 0.150. The van der Waals surface area contributed by atoms with Crippen molar-refractivity contribution in [2.75, 3.05) is 13.1 Å². The van der Waals surface area contributed by atoms with Gasteiger partial charge in [0.15, 0.2) is 0 Å². The summed E-state index contributed by atoms with van der Waals surface area (Å²) in [5.41, 5.74) is -0.874. The molecule has 4 nitrogen and oxygen atoms in total. The van der Waals surface area contributed by atoms with E-state index in [1.54, 1.807) is 0 Å². The van der Waals surface area contributed by atoms with Gasteiger partial charge in [0.1, 0.15) is 4.90 Å². The highest BCUT2D eigenvalue weighted by Crippen LogP contribution is 2.47. The molecular formula is C12H12BrCl2NO3S. The molecule has 1 aliphatic heterocycles. The second-order valence-electron chi connectivity index (χ2n) is 5.35. The molecule has 0 unspecified atom stereocenters. The van der Waals surface area contributed by atoms with Crippen LogP contribution in [-0.2, 0) is 10.0 Å². The predicted octanol–water partition coefficient (Wildman–Crippen LogP) is 2.90. The van der Waals surface area contributed by atoms with E-state index >= 15 is 0 Å². The molecule has 1 aromatic rings. The lowest BCUT2D eigenvalue weighted by Gasteiger charge is -2.45. The molecule has 0 amide bonds. The van der Waals surface area contributed by atoms with Gasteiger partial charge in [-0.3, -0.25) is 0 Å². The molecule has 0 atom stereocenters. The summed E-state index contributed by atoms with van der Waals surface area (Å²) in [6, 6.07) is 2.99. The predicted molar refractivity (Wildman–Crippen MR) is 80.6 cm³/mol. The Morgan fingerprint density at radius 2 is 1.75 bits per heavy atom. The van der Waals surface area contributed by atoms with Crippen molar-refractivity contribution in [2.24, 2.45) is 5.92 Å². The van der Waals surface area contributed by atoms with Crippen molar-refractivity contribution in [3.8, 4) is 0 Å². The maximum absolute atomic E-state index is 12.5. The van der Waals surface area contributed by atoms with Crippen LogP contribution >= 0.6 is 39.1 Å². The summed E-state index contributed by atoms with van der Waals surface area (Å²) in [6.07, 6.45) is 1.92. The van der Waals surface area contributed by atoms with Crippen LogP contribution in [0.5, 0.6) is 0 Å². The number of benzene rings is 1. The van der Waals surface area contributed by atoms with Gasteiger partial charge in [-0.1, -0.05) is 39.1 Å². The van der Waals surface area contributed by atoms with Crippen LogP contribution in [-0.4, -0.2) is 36.5 Å². The molecule has 0 radical (unpaired) electrons. The standard InChI is InChI=1S/C12H12BrCl2NO3S/c13-8-3-9(14)11(10(15)4-8)20(18,19)16-5-12(17,6-16)7-1-2-7/h3-4,7,17H,1-2,5-6H2. The van der Waals surface area contributed by atoms with E-state index in [2.05, 4.69) is 15.9 Å². The van der Waals surface area contributed by atoms with Gasteiger partial charge in [-0.2, -0.15) is 4.31 Å². The molecule has 0 bridgehead atoms. The van der Waals surface area contributed by atoms with E-state index in [-0.39, 0.29) is 33.9 Å². The van der Waals surface area contributed by atoms with Gasteiger partial charge in [-0.05, 0) is 30.9 Å². The van der Waals surface area contributed by atoms with Crippen molar-refractivity contribution in [1.29, 1.82) is 0 Å². The molecule has 110 valence electrons. The van der Waals surface area contributed by atoms with Crippen molar-refractivity contribution in [3.05, 3.63) is 26.7 Å². The minimum atomic E-state index is -3.77. The van der Waals surface area contributed by atoms with Gasteiger partial charge in [0.25, 0.3) is 0 Å². The lowest BCUT2D eigenvalue weighted by atomic mass is 9.91. The second-order valence-corrected chi connectivity index (χ2v) is 8.95. The fourth-order valence-corrected chi connectivity index (χ4v) is 5.97. The number of hydrogen-bond acceptors (Lipinski definition) is 3. The summed E-state index contributed by atoms with van der Waals surface area (Å²) in [4.78, 5) is -0.0955. The Morgan fingerprint density at radius 1 is 1.25 bits per heavy atom. The van der Waals surface area contributed by atoms with Gasteiger partial charge in [0.2, 0.25) is 10.0 Å². The number of halogens is 3. The summed E-state index contributed by atoms with van der Waals surface area (Å²) in [5.74, 6) is 0.227. The molecule has 1 saturated heterocycles. The van der Waals surface area contributed by atoms with Gasteiger partial charge in [-0.15, -0.1) is 0 Å². The Morgan fingerprint density at radius 3 is 2.20 bits per heavy atom. The van der Waals surface area contributed by atoms with Crippen LogP contribution in [0.4, 0.5) is 0 Å². The molecule has 1 aliphatic carbocycles. The number of rotatable bonds is 3. The van der Waals surface area contributed by atoms with E-state index in [4.69, 9.17) is 23.2 Å². The van der Waals surface area contributed by atoms with E-state index in [0.29, 0.717) is 4.47 Å². The summed E-state index contributed by atoms with van der Waals surface area (Å²) in [5, 5.41) is 10.4. The Balaban J connectivity index is 1.90. The van der Waals surface area contributed by atoms with E-state index < -0.39 is 15.6 Å². The van der Waals surface area contributed by atoms with Crippen molar-refractivity contribution in [1.82, 2.24) is 4.31 Å². The molecule has 1 saturated carbocycles. The fourth-order valence-electron chi connectivity index (χ4n) is 2.52. The molecule has 0 aromatic heterocycles. The van der Waals surface area contributed by atoms with Crippen molar-refractivity contribution in [2.45, 2.75) is 23.3 Å². The van der Waals surface area contributed by atoms with E-state index in [1.807, 2.05) is 0 Å². The van der Waals surface area contributed by atoms with Crippen molar-refractivity contribution in [3.63, 3.8) is 0 Å². The fraction of sp³-hybridized carbons (Fsp3) is 0.500. The van der Waals surface area contributed by atoms with E-state index in [1.165, 1.54) is 16.4 Å². The number of β-amino-alcohol motifs (C(OH)–C–C–N with tert-alkyl or cyclic N) is 1. The molecule has 0 spiro atoms. The third kappa shape index (κ3) is 2.40. The third-order valence-corrected chi connectivity index (χ3v) is 6.97. The Labute approximate surface area is 135 Å². The molecule has 3 rings (SSSR count). The van der Waals surface area contributed by atoms with Crippen LogP contribution in [0.15, 0.2) is 21.5 Å². The number of aliphatic hydroxyl groups is 1. The zero-order chi connectivity index (χ0) is 14.7. The first-order valence-electron chi connectivity index (χ1n) is 6.11. The molecule has 20 heavy (non-hydrogen) atoms. The molecule has 1 N–H and O–H groups in total. The van der Waals surface area contributed by atoms with Crippen molar-refractivity contribution >= 4 is 49.2 Å². The van der Waals surface area contributed by atoms with Crippen LogP contribution in [0.25, 0.3) is 0 Å². The van der Waals surface area contributed by atoms with Gasteiger partial charge >= 0.3 is 0 Å². The summed E-state index contributed by atoms with van der Waals surface area (Å²) >= 11 is 15.2. The van der Waals surface area contributed by atoms with Gasteiger partial charge in [0, 0.05) is 17.6 Å². The lowest BCUT2D eigenvalue weighted by Crippen LogP contribution is -2.64. The monoisotopic (exact) mass is 399 g/mol. The lowest BCUT2D eigenvalue weighted by molar-refractivity contribution is -0.0764. The molecule has 1 heterocycles. The quantitative estimate of drug-likeness (QED) is 0.848. The largest absolute Gasteiger partial charge is 0.387 e. The third-order valence-electron chi connectivity index (χ3n) is 3.80. The van der Waals surface area contributed by atoms with Crippen LogP contribution in [0.3, 0.4) is 0 Å². The van der Waals surface area contributed by atoms with Gasteiger partial charge < -0.3 is 5.11 Å². The molecular weight excluding hydrogens is 389 g/mol. The average Bonchev–Trinajstić information content (AvgIpc) is 3.06. The summed E-state index contributed by atoms with van der Waals surface area (Å²) < 4.78 is 26.9. The number of nitrogens with zero attached hydrogens (tertiary/aromatic N) is 1.